The van der Waals surface area contributed by atoms with E-state index in [0.29, 0.717) is 22.1 Å². The van der Waals surface area contributed by atoms with Crippen LogP contribution in [0.25, 0.3) is 21.9 Å². The minimum atomic E-state index is -0.0963. The molecule has 6 nitrogen and oxygen atoms in total. The van der Waals surface area contributed by atoms with Crippen LogP contribution in [0.15, 0.2) is 81.8 Å². The summed E-state index contributed by atoms with van der Waals surface area (Å²) in [5, 5.41) is 1.96. The quantitative estimate of drug-likeness (QED) is 0.422. The van der Waals surface area contributed by atoms with Crippen LogP contribution in [-0.2, 0) is 11.5 Å². The molecule has 0 fully saturated rings. The Bertz CT molecular complexity index is 1470. The lowest BCUT2D eigenvalue weighted by Gasteiger charge is -2.05. The maximum Gasteiger partial charge on any atom is 0.259 e. The summed E-state index contributed by atoms with van der Waals surface area (Å²) < 4.78 is 3.17. The minimum absolute atomic E-state index is 0.0854. The van der Waals surface area contributed by atoms with Crippen LogP contribution in [0, 0.1) is 0 Å². The average Bonchev–Trinajstić information content (AvgIpc) is 3.19. The van der Waals surface area contributed by atoms with Gasteiger partial charge in [-0.3, -0.25) is 18.4 Å². The largest absolute Gasteiger partial charge is 0.269 e. The highest BCUT2D eigenvalue weighted by Gasteiger charge is 2.11. The highest BCUT2D eigenvalue weighted by atomic mass is 32.2. The van der Waals surface area contributed by atoms with Gasteiger partial charge in [0.15, 0.2) is 4.96 Å². The first-order valence-corrected chi connectivity index (χ1v) is 11.3. The molecule has 0 bridgehead atoms. The van der Waals surface area contributed by atoms with Gasteiger partial charge >= 0.3 is 0 Å². The second-order valence-corrected chi connectivity index (χ2v) is 8.52. The molecule has 5 rings (SSSR count). The molecular weight excluding hydrogens is 416 g/mol. The first-order valence-electron chi connectivity index (χ1n) is 9.30. The van der Waals surface area contributed by atoms with Crippen molar-refractivity contribution in [2.45, 2.75) is 11.5 Å². The number of aromatic nitrogens is 4. The smallest absolute Gasteiger partial charge is 0.259 e. The molecule has 0 spiro atoms. The second kappa shape index (κ2) is 7.89. The van der Waals surface area contributed by atoms with E-state index in [-0.39, 0.29) is 11.1 Å². The zero-order valence-electron chi connectivity index (χ0n) is 15.8. The number of nitrogens with zero attached hydrogens (tertiary/aromatic N) is 4. The van der Waals surface area contributed by atoms with E-state index in [1.807, 2.05) is 47.8 Å². The number of thiazole rings is 1. The first kappa shape index (κ1) is 18.8. The molecule has 8 heteroatoms. The van der Waals surface area contributed by atoms with Gasteiger partial charge in [0.1, 0.15) is 5.65 Å². The van der Waals surface area contributed by atoms with Crippen LogP contribution in [0.1, 0.15) is 11.4 Å². The van der Waals surface area contributed by atoms with E-state index in [1.165, 1.54) is 15.7 Å². The number of benzene rings is 1. The van der Waals surface area contributed by atoms with E-state index in [9.17, 15) is 9.59 Å². The van der Waals surface area contributed by atoms with Crippen LogP contribution < -0.4 is 11.1 Å². The summed E-state index contributed by atoms with van der Waals surface area (Å²) in [4.78, 5) is 34.8. The van der Waals surface area contributed by atoms with Crippen LogP contribution in [0.5, 0.6) is 0 Å². The van der Waals surface area contributed by atoms with Crippen molar-refractivity contribution in [1.29, 1.82) is 0 Å². The van der Waals surface area contributed by atoms with Gasteiger partial charge in [-0.1, -0.05) is 36.4 Å². The predicted molar refractivity (Wildman–Crippen MR) is 121 cm³/mol. The molecule has 4 aromatic heterocycles. The van der Waals surface area contributed by atoms with Crippen LogP contribution in [0.4, 0.5) is 0 Å². The van der Waals surface area contributed by atoms with Crippen LogP contribution in [0.2, 0.25) is 0 Å². The van der Waals surface area contributed by atoms with E-state index < -0.39 is 0 Å². The molecule has 0 aliphatic carbocycles. The minimum Gasteiger partial charge on any atom is -0.269 e. The van der Waals surface area contributed by atoms with Gasteiger partial charge in [0.25, 0.3) is 11.1 Å². The Labute approximate surface area is 179 Å². The fourth-order valence-corrected chi connectivity index (χ4v) is 5.02. The molecule has 0 aliphatic heterocycles. The average molecular weight is 433 g/mol. The molecule has 148 valence electrons. The highest BCUT2D eigenvalue weighted by Crippen LogP contribution is 2.24. The lowest BCUT2D eigenvalue weighted by Crippen LogP contribution is -2.15. The third-order valence-corrected chi connectivity index (χ3v) is 6.48. The van der Waals surface area contributed by atoms with Gasteiger partial charge < -0.3 is 0 Å². The Morgan fingerprint density at radius 2 is 1.60 bits per heavy atom. The molecule has 30 heavy (non-hydrogen) atoms. The maximum absolute atomic E-state index is 12.7. The highest BCUT2D eigenvalue weighted by molar-refractivity contribution is 7.97. The molecular formula is C22H16N4O2S2. The Balaban J connectivity index is 1.37. The zero-order chi connectivity index (χ0) is 20.5. The Morgan fingerprint density at radius 3 is 2.43 bits per heavy atom. The van der Waals surface area contributed by atoms with Gasteiger partial charge in [-0.05, 0) is 17.7 Å². The number of thioether (sulfide) groups is 1. The number of hydrogen-bond acceptors (Lipinski definition) is 6. The second-order valence-electron chi connectivity index (χ2n) is 6.70. The lowest BCUT2D eigenvalue weighted by molar-refractivity contribution is 1.01. The van der Waals surface area contributed by atoms with Gasteiger partial charge in [-0.25, -0.2) is 9.97 Å². The SMILES string of the molecule is O=c1cc(CSCc2cc(=O)n3c(-c4ccccc4)csc3n2)nc2ccccn12. The fraction of sp³-hybridized carbons (Fsp3) is 0.0909. The Kier molecular flexibility index (Phi) is 4.94. The van der Waals surface area contributed by atoms with E-state index in [0.717, 1.165) is 22.6 Å². The van der Waals surface area contributed by atoms with Gasteiger partial charge in [-0.15, -0.1) is 23.1 Å². The van der Waals surface area contributed by atoms with Crippen LogP contribution in [0.3, 0.4) is 0 Å². The van der Waals surface area contributed by atoms with Crippen molar-refractivity contribution in [3.8, 4) is 11.3 Å². The Morgan fingerprint density at radius 1 is 0.867 bits per heavy atom. The summed E-state index contributed by atoms with van der Waals surface area (Å²) in [6.45, 7) is 0. The zero-order valence-corrected chi connectivity index (χ0v) is 17.4. The van der Waals surface area contributed by atoms with E-state index in [4.69, 9.17) is 0 Å². The van der Waals surface area contributed by atoms with Gasteiger partial charge in [-0.2, -0.15) is 0 Å². The van der Waals surface area contributed by atoms with E-state index in [2.05, 4.69) is 9.97 Å². The van der Waals surface area contributed by atoms with Crippen molar-refractivity contribution in [1.82, 2.24) is 18.8 Å². The molecule has 0 atom stereocenters. The van der Waals surface area contributed by atoms with Gasteiger partial charge in [0.2, 0.25) is 0 Å². The number of fused-ring (bicyclic) bond motifs is 2. The van der Waals surface area contributed by atoms with Crippen molar-refractivity contribution in [2.24, 2.45) is 0 Å². The molecule has 4 heterocycles. The van der Waals surface area contributed by atoms with Crippen molar-refractivity contribution in [3.63, 3.8) is 0 Å². The van der Waals surface area contributed by atoms with E-state index >= 15 is 0 Å². The lowest BCUT2D eigenvalue weighted by atomic mass is 10.2. The molecule has 0 saturated carbocycles. The Hall–Kier alpha value is -3.23. The third kappa shape index (κ3) is 3.55. The maximum atomic E-state index is 12.7. The first-order chi connectivity index (χ1) is 14.7. The topological polar surface area (TPSA) is 68.7 Å². The molecule has 0 N–H and O–H groups in total. The number of pyridine rings is 1. The summed E-state index contributed by atoms with van der Waals surface area (Å²) in [5.41, 5.74) is 3.74. The number of hydrogen-bond donors (Lipinski definition) is 0. The summed E-state index contributed by atoms with van der Waals surface area (Å²) in [6, 6.07) is 18.4. The van der Waals surface area contributed by atoms with Crippen LogP contribution >= 0.6 is 23.1 Å². The summed E-state index contributed by atoms with van der Waals surface area (Å²) in [6.07, 6.45) is 1.71. The molecule has 0 saturated heterocycles. The van der Waals surface area contributed by atoms with Crippen molar-refractivity contribution >= 4 is 33.7 Å². The standard InChI is InChI=1S/C22H16N4O2S2/c27-20-10-16(23-19-8-4-5-9-25(19)20)12-29-13-17-11-21(28)26-18(14-30-22(26)24-17)15-6-2-1-3-7-15/h1-11,14H,12-13H2. The summed E-state index contributed by atoms with van der Waals surface area (Å²) in [7, 11) is 0. The summed E-state index contributed by atoms with van der Waals surface area (Å²) >= 11 is 3.04. The van der Waals surface area contributed by atoms with Crippen molar-refractivity contribution in [3.05, 3.63) is 104 Å². The monoisotopic (exact) mass is 432 g/mol. The van der Waals surface area contributed by atoms with Crippen molar-refractivity contribution < 1.29 is 0 Å². The molecule has 0 amide bonds. The van der Waals surface area contributed by atoms with Gasteiger partial charge in [0.05, 0.1) is 17.1 Å². The van der Waals surface area contributed by atoms with Crippen LogP contribution in [-0.4, -0.2) is 18.8 Å². The molecule has 0 unspecified atom stereocenters. The molecule has 5 aromatic rings. The fourth-order valence-electron chi connectivity index (χ4n) is 3.29. The van der Waals surface area contributed by atoms with Gasteiger partial charge in [0, 0.05) is 35.2 Å². The molecule has 0 aliphatic rings. The normalized spacial score (nSPS) is 11.3. The number of rotatable bonds is 5. The third-order valence-electron chi connectivity index (χ3n) is 4.65. The van der Waals surface area contributed by atoms with Crippen molar-refractivity contribution in [2.75, 3.05) is 0 Å². The molecule has 1 aromatic carbocycles. The molecule has 0 radical (unpaired) electrons. The predicted octanol–water partition coefficient (Wildman–Crippen LogP) is 3.86. The van der Waals surface area contributed by atoms with E-state index in [1.54, 1.807) is 40.6 Å². The summed E-state index contributed by atoms with van der Waals surface area (Å²) in [5.74, 6) is 1.14.